The molecule has 142 valence electrons. The summed E-state index contributed by atoms with van der Waals surface area (Å²) in [6, 6.07) is 15.2. The van der Waals surface area contributed by atoms with Gasteiger partial charge in [0.25, 0.3) is 5.91 Å². The molecule has 1 aliphatic heterocycles. The lowest BCUT2D eigenvalue weighted by Gasteiger charge is -2.34. The third-order valence-corrected chi connectivity index (χ3v) is 5.02. The van der Waals surface area contributed by atoms with Crippen molar-refractivity contribution >= 4 is 11.8 Å². The van der Waals surface area contributed by atoms with Crippen molar-refractivity contribution in [3.05, 3.63) is 59.7 Å². The average Bonchev–Trinajstić information content (AvgIpc) is 2.69. The monoisotopic (exact) mass is 366 g/mol. The maximum Gasteiger partial charge on any atom is 0.254 e. The van der Waals surface area contributed by atoms with Crippen LogP contribution in [0.25, 0.3) is 11.1 Å². The van der Waals surface area contributed by atoms with Crippen LogP contribution in [0.5, 0.6) is 0 Å². The van der Waals surface area contributed by atoms with Gasteiger partial charge in [0.05, 0.1) is 0 Å². The van der Waals surface area contributed by atoms with Gasteiger partial charge in [0.2, 0.25) is 5.91 Å². The van der Waals surface area contributed by atoms with E-state index in [1.54, 1.807) is 4.90 Å². The number of carbonyl (C=O) groups excluding carboxylic acids is 2. The van der Waals surface area contributed by atoms with Crippen LogP contribution in [0.1, 0.15) is 42.1 Å². The predicted molar refractivity (Wildman–Crippen MR) is 106 cm³/mol. The molecular formula is C22H26N2O3. The molecule has 0 saturated carbocycles. The zero-order valence-corrected chi connectivity index (χ0v) is 15.8. The molecule has 1 fully saturated rings. The molecule has 27 heavy (non-hydrogen) atoms. The van der Waals surface area contributed by atoms with Crippen molar-refractivity contribution in [2.24, 2.45) is 0 Å². The minimum absolute atomic E-state index is 0.132. The molecule has 0 unspecified atom stereocenters. The van der Waals surface area contributed by atoms with E-state index in [9.17, 15) is 14.7 Å². The van der Waals surface area contributed by atoms with Crippen molar-refractivity contribution in [2.75, 3.05) is 19.7 Å². The maximum absolute atomic E-state index is 12.9. The Morgan fingerprint density at radius 2 is 1.89 bits per heavy atom. The highest BCUT2D eigenvalue weighted by Gasteiger charge is 2.32. The van der Waals surface area contributed by atoms with Crippen LogP contribution in [-0.4, -0.2) is 47.6 Å². The van der Waals surface area contributed by atoms with E-state index in [1.165, 1.54) is 11.1 Å². The number of hydrogen-bond acceptors (Lipinski definition) is 3. The number of carbonyl (C=O) groups is 2. The number of piperazine rings is 1. The van der Waals surface area contributed by atoms with Crippen LogP contribution in [0, 0.1) is 0 Å². The Labute approximate surface area is 160 Å². The molecule has 0 aliphatic carbocycles. The second-order valence-electron chi connectivity index (χ2n) is 7.14. The van der Waals surface area contributed by atoms with Gasteiger partial charge in [-0.1, -0.05) is 50.2 Å². The SMILES string of the molecule is CC(C)c1ccccc1-c1ccc(C(=O)N2CCNC(=O)[C@H]2CCO)cc1. The minimum atomic E-state index is -0.613. The van der Waals surface area contributed by atoms with E-state index in [0.717, 1.165) is 5.56 Å². The van der Waals surface area contributed by atoms with E-state index < -0.39 is 6.04 Å². The van der Waals surface area contributed by atoms with Crippen molar-refractivity contribution in [3.63, 3.8) is 0 Å². The Kier molecular flexibility index (Phi) is 5.91. The Morgan fingerprint density at radius 1 is 1.19 bits per heavy atom. The van der Waals surface area contributed by atoms with Crippen molar-refractivity contribution in [1.29, 1.82) is 0 Å². The summed E-state index contributed by atoms with van der Waals surface area (Å²) >= 11 is 0. The van der Waals surface area contributed by atoms with Crippen LogP contribution < -0.4 is 5.32 Å². The summed E-state index contributed by atoms with van der Waals surface area (Å²) < 4.78 is 0. The molecule has 2 amide bonds. The van der Waals surface area contributed by atoms with E-state index >= 15 is 0 Å². The summed E-state index contributed by atoms with van der Waals surface area (Å²) in [7, 11) is 0. The number of amides is 2. The minimum Gasteiger partial charge on any atom is -0.396 e. The second kappa shape index (κ2) is 8.35. The Balaban J connectivity index is 1.85. The maximum atomic E-state index is 12.9. The van der Waals surface area contributed by atoms with Gasteiger partial charge in [-0.25, -0.2) is 0 Å². The molecule has 0 aromatic heterocycles. The van der Waals surface area contributed by atoms with Gasteiger partial charge in [0.15, 0.2) is 0 Å². The first kappa shape index (κ1) is 19.1. The van der Waals surface area contributed by atoms with E-state index in [2.05, 4.69) is 31.3 Å². The normalized spacial score (nSPS) is 17.1. The zero-order chi connectivity index (χ0) is 19.4. The quantitative estimate of drug-likeness (QED) is 0.855. The van der Waals surface area contributed by atoms with Crippen LogP contribution in [0.2, 0.25) is 0 Å². The molecule has 1 saturated heterocycles. The number of nitrogens with one attached hydrogen (secondary N) is 1. The predicted octanol–water partition coefficient (Wildman–Crippen LogP) is 2.80. The molecule has 2 N–H and O–H groups in total. The fraction of sp³-hybridized carbons (Fsp3) is 0.364. The average molecular weight is 366 g/mol. The fourth-order valence-electron chi connectivity index (χ4n) is 3.59. The second-order valence-corrected chi connectivity index (χ2v) is 7.14. The molecule has 1 heterocycles. The summed E-state index contributed by atoms with van der Waals surface area (Å²) in [5.41, 5.74) is 4.06. The lowest BCUT2D eigenvalue weighted by Crippen LogP contribution is -2.57. The first-order valence-corrected chi connectivity index (χ1v) is 9.42. The molecule has 1 atom stereocenters. The third-order valence-electron chi connectivity index (χ3n) is 5.02. The highest BCUT2D eigenvalue weighted by Crippen LogP contribution is 2.29. The van der Waals surface area contributed by atoms with Crippen LogP contribution in [0.15, 0.2) is 48.5 Å². The zero-order valence-electron chi connectivity index (χ0n) is 15.8. The van der Waals surface area contributed by atoms with Crippen molar-refractivity contribution in [3.8, 4) is 11.1 Å². The van der Waals surface area contributed by atoms with Gasteiger partial charge >= 0.3 is 0 Å². The largest absolute Gasteiger partial charge is 0.396 e. The topological polar surface area (TPSA) is 69.6 Å². The van der Waals surface area contributed by atoms with Crippen LogP contribution in [0.3, 0.4) is 0 Å². The molecule has 1 aliphatic rings. The van der Waals surface area contributed by atoms with E-state index in [0.29, 0.717) is 24.6 Å². The van der Waals surface area contributed by atoms with Crippen molar-refractivity contribution in [1.82, 2.24) is 10.2 Å². The molecule has 0 radical (unpaired) electrons. The van der Waals surface area contributed by atoms with Gasteiger partial charge in [-0.15, -0.1) is 0 Å². The number of hydrogen-bond donors (Lipinski definition) is 2. The molecule has 2 aromatic rings. The molecule has 0 spiro atoms. The molecular weight excluding hydrogens is 340 g/mol. The number of benzene rings is 2. The van der Waals surface area contributed by atoms with E-state index in [1.807, 2.05) is 36.4 Å². The molecule has 3 rings (SSSR count). The van der Waals surface area contributed by atoms with Crippen LogP contribution >= 0.6 is 0 Å². The Hall–Kier alpha value is -2.66. The van der Waals surface area contributed by atoms with Gasteiger partial charge in [-0.3, -0.25) is 9.59 Å². The van der Waals surface area contributed by atoms with Gasteiger partial charge in [-0.2, -0.15) is 0 Å². The van der Waals surface area contributed by atoms with Crippen LogP contribution in [-0.2, 0) is 4.79 Å². The Morgan fingerprint density at radius 3 is 2.56 bits per heavy atom. The van der Waals surface area contributed by atoms with Gasteiger partial charge in [0, 0.05) is 25.3 Å². The highest BCUT2D eigenvalue weighted by molar-refractivity contribution is 5.98. The first-order chi connectivity index (χ1) is 13.0. The lowest BCUT2D eigenvalue weighted by atomic mass is 9.92. The highest BCUT2D eigenvalue weighted by atomic mass is 16.3. The molecule has 5 nitrogen and oxygen atoms in total. The molecule has 5 heteroatoms. The first-order valence-electron chi connectivity index (χ1n) is 9.42. The number of aliphatic hydroxyl groups is 1. The van der Waals surface area contributed by atoms with Gasteiger partial charge < -0.3 is 15.3 Å². The third kappa shape index (κ3) is 4.03. The van der Waals surface area contributed by atoms with Crippen LogP contribution in [0.4, 0.5) is 0 Å². The van der Waals surface area contributed by atoms with E-state index in [-0.39, 0.29) is 24.8 Å². The lowest BCUT2D eigenvalue weighted by molar-refractivity contribution is -0.128. The van der Waals surface area contributed by atoms with Gasteiger partial charge in [0.1, 0.15) is 6.04 Å². The van der Waals surface area contributed by atoms with Crippen molar-refractivity contribution < 1.29 is 14.7 Å². The molecule has 0 bridgehead atoms. The number of nitrogens with zero attached hydrogens (tertiary/aromatic N) is 1. The summed E-state index contributed by atoms with van der Waals surface area (Å²) in [4.78, 5) is 26.5. The Bertz CT molecular complexity index is 815. The summed E-state index contributed by atoms with van der Waals surface area (Å²) in [6.07, 6.45) is 0.247. The van der Waals surface area contributed by atoms with E-state index in [4.69, 9.17) is 0 Å². The fourth-order valence-corrected chi connectivity index (χ4v) is 3.59. The summed E-state index contributed by atoms with van der Waals surface area (Å²) in [6.45, 7) is 5.09. The smallest absolute Gasteiger partial charge is 0.254 e. The summed E-state index contributed by atoms with van der Waals surface area (Å²) in [5, 5.41) is 12.0. The number of aliphatic hydroxyl groups excluding tert-OH is 1. The standard InChI is InChI=1S/C22H26N2O3/c1-15(2)18-5-3-4-6-19(18)16-7-9-17(10-8-16)22(27)24-13-12-23-21(26)20(24)11-14-25/h3-10,15,20,25H,11-14H2,1-2H3,(H,23,26)/t20-/m1/s1. The molecule has 2 aromatic carbocycles. The summed E-state index contributed by atoms with van der Waals surface area (Å²) in [5.74, 6) is 0.0340. The van der Waals surface area contributed by atoms with Crippen molar-refractivity contribution in [2.45, 2.75) is 32.2 Å². The van der Waals surface area contributed by atoms with Gasteiger partial charge in [-0.05, 0) is 41.2 Å². The number of rotatable bonds is 5.